The number of anilines is 1. The third-order valence-corrected chi connectivity index (χ3v) is 4.64. The number of piperazine rings is 1. The van der Waals surface area contributed by atoms with Gasteiger partial charge in [-0.05, 0) is 35.4 Å². The van der Waals surface area contributed by atoms with Crippen LogP contribution < -0.4 is 25.6 Å². The minimum atomic E-state index is 0.0729. The Labute approximate surface area is 165 Å². The van der Waals surface area contributed by atoms with Crippen LogP contribution in [0.25, 0.3) is 0 Å². The third kappa shape index (κ3) is 5.39. The summed E-state index contributed by atoms with van der Waals surface area (Å²) in [5, 5.41) is 9.47. The number of hydrogen-bond acceptors (Lipinski definition) is 4. The first-order valence-electron chi connectivity index (χ1n) is 9.36. The van der Waals surface area contributed by atoms with Crippen molar-refractivity contribution in [3.05, 3.63) is 59.7 Å². The van der Waals surface area contributed by atoms with Gasteiger partial charge in [0.05, 0.1) is 13.7 Å². The van der Waals surface area contributed by atoms with Gasteiger partial charge in [-0.1, -0.05) is 24.3 Å². The summed E-state index contributed by atoms with van der Waals surface area (Å²) >= 11 is 0. The smallest absolute Gasteiger partial charge is 0.239 e. The normalized spacial score (nSPS) is 14.4. The van der Waals surface area contributed by atoms with E-state index in [1.54, 1.807) is 14.2 Å². The number of rotatable bonds is 6. The van der Waals surface area contributed by atoms with Gasteiger partial charge >= 0.3 is 0 Å². The molecule has 0 radical (unpaired) electrons. The van der Waals surface area contributed by atoms with Gasteiger partial charge in [0.25, 0.3) is 0 Å². The molecule has 0 bridgehead atoms. The summed E-state index contributed by atoms with van der Waals surface area (Å²) in [7, 11) is 3.42. The molecule has 0 atom stereocenters. The molecule has 3 N–H and O–H groups in total. The largest absolute Gasteiger partial charge is 0.497 e. The van der Waals surface area contributed by atoms with Crippen molar-refractivity contribution in [2.45, 2.75) is 13.1 Å². The molecule has 1 aliphatic heterocycles. The average molecular weight is 381 g/mol. The third-order valence-electron chi connectivity index (χ3n) is 4.64. The van der Waals surface area contributed by atoms with E-state index in [-0.39, 0.29) is 5.91 Å². The van der Waals surface area contributed by atoms with Crippen LogP contribution in [0.3, 0.4) is 0 Å². The molecule has 7 nitrogen and oxygen atoms in total. The van der Waals surface area contributed by atoms with Gasteiger partial charge in [0, 0.05) is 38.9 Å². The summed E-state index contributed by atoms with van der Waals surface area (Å²) in [6.07, 6.45) is 0. The fourth-order valence-corrected chi connectivity index (χ4v) is 3.02. The Hall–Kier alpha value is -3.22. The molecule has 1 saturated heterocycles. The van der Waals surface area contributed by atoms with Crippen molar-refractivity contribution < 1.29 is 9.53 Å². The van der Waals surface area contributed by atoms with Crippen LogP contribution in [0.4, 0.5) is 5.69 Å². The second-order valence-electron chi connectivity index (χ2n) is 6.57. The summed E-state index contributed by atoms with van der Waals surface area (Å²) in [5.41, 5.74) is 3.37. The molecule has 1 amide bonds. The monoisotopic (exact) mass is 381 g/mol. The first-order valence-corrected chi connectivity index (χ1v) is 9.36. The zero-order valence-corrected chi connectivity index (χ0v) is 16.4. The summed E-state index contributed by atoms with van der Waals surface area (Å²) in [6.45, 7) is 3.30. The molecule has 1 heterocycles. The molecule has 0 aliphatic carbocycles. The van der Waals surface area contributed by atoms with E-state index >= 15 is 0 Å². The lowest BCUT2D eigenvalue weighted by Crippen LogP contribution is -2.47. The Morgan fingerprint density at radius 3 is 2.21 bits per heavy atom. The van der Waals surface area contributed by atoms with Gasteiger partial charge < -0.3 is 25.6 Å². The van der Waals surface area contributed by atoms with E-state index in [0.717, 1.165) is 35.1 Å². The van der Waals surface area contributed by atoms with Crippen LogP contribution in [0.15, 0.2) is 53.5 Å². The molecule has 7 heteroatoms. The topological polar surface area (TPSA) is 78.0 Å². The zero-order valence-electron chi connectivity index (χ0n) is 16.4. The molecule has 2 aromatic carbocycles. The van der Waals surface area contributed by atoms with Crippen molar-refractivity contribution in [1.82, 2.24) is 16.0 Å². The number of amides is 1. The van der Waals surface area contributed by atoms with Gasteiger partial charge in [-0.15, -0.1) is 0 Å². The summed E-state index contributed by atoms with van der Waals surface area (Å²) in [5.74, 6) is 1.66. The molecule has 0 unspecified atom stereocenters. The number of carbonyl (C=O) groups is 1. The van der Waals surface area contributed by atoms with Crippen LogP contribution in [0.5, 0.6) is 5.75 Å². The number of ether oxygens (including phenoxy) is 1. The number of aliphatic imine (C=N–C) groups is 1. The fourth-order valence-electron chi connectivity index (χ4n) is 3.02. The van der Waals surface area contributed by atoms with Crippen molar-refractivity contribution in [2.75, 3.05) is 38.7 Å². The Balaban J connectivity index is 1.48. The standard InChI is InChI=1S/C21H27N5O2/c1-22-21(25-14-17-5-9-19(28-2)10-6-17)24-13-16-3-7-18(8-4-16)26-12-11-23-20(27)15-26/h3-10H,11-15H2,1-2H3,(H,23,27)(H2,22,24,25). The van der Waals surface area contributed by atoms with Crippen LogP contribution in [0.2, 0.25) is 0 Å². The Morgan fingerprint density at radius 2 is 1.68 bits per heavy atom. The van der Waals surface area contributed by atoms with Crippen LogP contribution in [0, 0.1) is 0 Å². The number of nitrogens with one attached hydrogen (secondary N) is 3. The molecule has 3 rings (SSSR count). The molecule has 1 aliphatic rings. The van der Waals surface area contributed by atoms with Crippen LogP contribution >= 0.6 is 0 Å². The van der Waals surface area contributed by atoms with Crippen molar-refractivity contribution in [3.63, 3.8) is 0 Å². The lowest BCUT2D eigenvalue weighted by atomic mass is 10.2. The molecule has 1 fully saturated rings. The predicted octanol–water partition coefficient (Wildman–Crippen LogP) is 1.50. The molecule has 28 heavy (non-hydrogen) atoms. The molecule has 0 aromatic heterocycles. The number of carbonyl (C=O) groups excluding carboxylic acids is 1. The lowest BCUT2D eigenvalue weighted by Gasteiger charge is -2.28. The fraction of sp³-hybridized carbons (Fsp3) is 0.333. The van der Waals surface area contributed by atoms with E-state index in [0.29, 0.717) is 26.2 Å². The van der Waals surface area contributed by atoms with Crippen molar-refractivity contribution in [1.29, 1.82) is 0 Å². The summed E-state index contributed by atoms with van der Waals surface area (Å²) in [4.78, 5) is 17.9. The molecule has 148 valence electrons. The zero-order chi connectivity index (χ0) is 19.8. The van der Waals surface area contributed by atoms with E-state index in [1.165, 1.54) is 0 Å². The first kappa shape index (κ1) is 19.5. The van der Waals surface area contributed by atoms with Gasteiger partial charge in [-0.2, -0.15) is 0 Å². The first-order chi connectivity index (χ1) is 13.7. The highest BCUT2D eigenvalue weighted by atomic mass is 16.5. The Morgan fingerprint density at radius 1 is 1.07 bits per heavy atom. The van der Waals surface area contributed by atoms with E-state index in [1.807, 2.05) is 24.3 Å². The van der Waals surface area contributed by atoms with Crippen LogP contribution in [-0.4, -0.2) is 45.7 Å². The van der Waals surface area contributed by atoms with Gasteiger partial charge in [0.1, 0.15) is 5.75 Å². The highest BCUT2D eigenvalue weighted by molar-refractivity contribution is 5.82. The summed E-state index contributed by atoms with van der Waals surface area (Å²) in [6, 6.07) is 16.2. The van der Waals surface area contributed by atoms with Gasteiger partial charge in [-0.3, -0.25) is 9.79 Å². The maximum Gasteiger partial charge on any atom is 0.239 e. The lowest BCUT2D eigenvalue weighted by molar-refractivity contribution is -0.120. The number of nitrogens with zero attached hydrogens (tertiary/aromatic N) is 2. The van der Waals surface area contributed by atoms with E-state index < -0.39 is 0 Å². The number of guanidine groups is 1. The maximum atomic E-state index is 11.5. The highest BCUT2D eigenvalue weighted by Crippen LogP contribution is 2.16. The second-order valence-corrected chi connectivity index (χ2v) is 6.57. The Kier molecular flexibility index (Phi) is 6.73. The molecular formula is C21H27N5O2. The summed E-state index contributed by atoms with van der Waals surface area (Å²) < 4.78 is 5.18. The molecule has 2 aromatic rings. The minimum absolute atomic E-state index is 0.0729. The van der Waals surface area contributed by atoms with Crippen LogP contribution in [-0.2, 0) is 17.9 Å². The van der Waals surface area contributed by atoms with Crippen LogP contribution in [0.1, 0.15) is 11.1 Å². The van der Waals surface area contributed by atoms with Gasteiger partial charge in [0.15, 0.2) is 5.96 Å². The van der Waals surface area contributed by atoms with Crippen molar-refractivity contribution in [3.8, 4) is 5.75 Å². The average Bonchev–Trinajstić information content (AvgIpc) is 2.74. The molecular weight excluding hydrogens is 354 g/mol. The quantitative estimate of drug-likeness (QED) is 0.522. The SMILES string of the molecule is CN=C(NCc1ccc(OC)cc1)NCc1ccc(N2CCNC(=O)C2)cc1. The molecule has 0 saturated carbocycles. The van der Waals surface area contributed by atoms with E-state index in [4.69, 9.17) is 4.74 Å². The highest BCUT2D eigenvalue weighted by Gasteiger charge is 2.16. The Bertz CT molecular complexity index is 803. The second kappa shape index (κ2) is 9.64. The predicted molar refractivity (Wildman–Crippen MR) is 112 cm³/mol. The van der Waals surface area contributed by atoms with E-state index in [2.05, 4.69) is 50.1 Å². The number of methoxy groups -OCH3 is 1. The van der Waals surface area contributed by atoms with E-state index in [9.17, 15) is 4.79 Å². The van der Waals surface area contributed by atoms with Crippen molar-refractivity contribution in [2.24, 2.45) is 4.99 Å². The maximum absolute atomic E-state index is 11.5. The minimum Gasteiger partial charge on any atom is -0.497 e. The molecule has 0 spiro atoms. The number of hydrogen-bond donors (Lipinski definition) is 3. The van der Waals surface area contributed by atoms with Gasteiger partial charge in [-0.25, -0.2) is 0 Å². The van der Waals surface area contributed by atoms with Crippen molar-refractivity contribution >= 4 is 17.6 Å². The van der Waals surface area contributed by atoms with Gasteiger partial charge in [0.2, 0.25) is 5.91 Å². The number of benzene rings is 2.